The van der Waals surface area contributed by atoms with Gasteiger partial charge in [-0.1, -0.05) is 35.9 Å². The number of nitrogen functional groups attached to an aromatic ring is 1. The summed E-state index contributed by atoms with van der Waals surface area (Å²) in [6.07, 6.45) is 6.69. The van der Waals surface area contributed by atoms with E-state index in [0.717, 1.165) is 35.6 Å². The van der Waals surface area contributed by atoms with Gasteiger partial charge in [0, 0.05) is 17.1 Å². The molecular formula is C18H24N4O3S3. The van der Waals surface area contributed by atoms with Crippen LogP contribution in [0.25, 0.3) is 0 Å². The number of hydrogen-bond donors (Lipinski definition) is 2. The fourth-order valence-corrected chi connectivity index (χ4v) is 6.06. The average Bonchev–Trinajstić information content (AvgIpc) is 3.18. The molecule has 1 aliphatic carbocycles. The lowest BCUT2D eigenvalue weighted by atomic mass is 9.96. The lowest BCUT2D eigenvalue weighted by Gasteiger charge is -2.11. The summed E-state index contributed by atoms with van der Waals surface area (Å²) in [5.41, 5.74) is 7.19. The Labute approximate surface area is 176 Å². The van der Waals surface area contributed by atoms with Crippen LogP contribution in [-0.2, 0) is 22.4 Å². The third-order valence-corrected chi connectivity index (χ3v) is 7.48. The molecule has 3 rings (SSSR count). The number of esters is 1. The maximum absolute atomic E-state index is 12.6. The molecule has 0 saturated heterocycles. The molecule has 0 bridgehead atoms. The van der Waals surface area contributed by atoms with E-state index in [1.54, 1.807) is 6.92 Å². The topological polar surface area (TPSA) is 107 Å². The zero-order chi connectivity index (χ0) is 19.9. The van der Waals surface area contributed by atoms with Gasteiger partial charge in [0.15, 0.2) is 4.34 Å². The van der Waals surface area contributed by atoms with Crippen LogP contribution in [0, 0.1) is 0 Å². The van der Waals surface area contributed by atoms with Crippen LogP contribution < -0.4 is 11.1 Å². The summed E-state index contributed by atoms with van der Waals surface area (Å²) in [4.78, 5) is 26.3. The van der Waals surface area contributed by atoms with Gasteiger partial charge in [-0.2, -0.15) is 0 Å². The van der Waals surface area contributed by atoms with Gasteiger partial charge in [-0.15, -0.1) is 21.5 Å². The molecule has 0 spiro atoms. The van der Waals surface area contributed by atoms with Crippen molar-refractivity contribution in [3.63, 3.8) is 0 Å². The molecular weight excluding hydrogens is 416 g/mol. The molecule has 0 unspecified atom stereocenters. The van der Waals surface area contributed by atoms with Crippen molar-refractivity contribution in [1.82, 2.24) is 10.2 Å². The highest BCUT2D eigenvalue weighted by Gasteiger charge is 2.26. The first-order chi connectivity index (χ1) is 13.6. The average molecular weight is 441 g/mol. The number of hydrogen-bond acceptors (Lipinski definition) is 9. The highest BCUT2D eigenvalue weighted by Crippen LogP contribution is 2.37. The summed E-state index contributed by atoms with van der Waals surface area (Å²) in [7, 11) is 0. The normalized spacial score (nSPS) is 14.0. The predicted molar refractivity (Wildman–Crippen MR) is 114 cm³/mol. The van der Waals surface area contributed by atoms with Crippen LogP contribution in [0.15, 0.2) is 4.34 Å². The first-order valence-electron chi connectivity index (χ1n) is 9.41. The summed E-state index contributed by atoms with van der Waals surface area (Å²) >= 11 is 4.28. The molecule has 0 aromatic carbocycles. The minimum Gasteiger partial charge on any atom is -0.462 e. The number of anilines is 2. The highest BCUT2D eigenvalue weighted by molar-refractivity contribution is 8.01. The second-order valence-corrected chi connectivity index (χ2v) is 9.85. The third-order valence-electron chi connectivity index (χ3n) is 4.38. The van der Waals surface area contributed by atoms with E-state index in [0.29, 0.717) is 34.5 Å². The van der Waals surface area contributed by atoms with Crippen LogP contribution in [0.4, 0.5) is 10.1 Å². The van der Waals surface area contributed by atoms with E-state index in [9.17, 15) is 9.59 Å². The predicted octanol–water partition coefficient (Wildman–Crippen LogP) is 4.14. The number of thiophene rings is 1. The second kappa shape index (κ2) is 10.2. The quantitative estimate of drug-likeness (QED) is 0.492. The number of carbonyl (C=O) groups is 2. The molecule has 0 saturated carbocycles. The van der Waals surface area contributed by atoms with Crippen molar-refractivity contribution in [2.75, 3.05) is 23.4 Å². The largest absolute Gasteiger partial charge is 0.462 e. The number of ether oxygens (including phenoxy) is 1. The number of nitrogens with two attached hydrogens (primary N) is 1. The smallest absolute Gasteiger partial charge is 0.341 e. The summed E-state index contributed by atoms with van der Waals surface area (Å²) in [5.74, 6) is 0.111. The van der Waals surface area contributed by atoms with Crippen molar-refractivity contribution >= 4 is 56.4 Å². The van der Waals surface area contributed by atoms with E-state index >= 15 is 0 Å². The van der Waals surface area contributed by atoms with Gasteiger partial charge in [0.25, 0.3) is 0 Å². The maximum Gasteiger partial charge on any atom is 0.341 e. The second-order valence-electron chi connectivity index (χ2n) is 6.40. The Kier molecular flexibility index (Phi) is 7.69. The van der Waals surface area contributed by atoms with E-state index < -0.39 is 0 Å². The fourth-order valence-electron chi connectivity index (χ4n) is 3.13. The molecule has 0 aliphatic heterocycles. The Balaban J connectivity index is 1.69. The number of nitrogens with one attached hydrogen (secondary N) is 1. The van der Waals surface area contributed by atoms with E-state index in [4.69, 9.17) is 10.5 Å². The van der Waals surface area contributed by atoms with E-state index in [1.807, 2.05) is 0 Å². The SMILES string of the molecule is CCOC(=O)c1c(NC(=O)CCSc2nnc(N)s2)sc2c1CCCCCC2. The summed E-state index contributed by atoms with van der Waals surface area (Å²) in [6, 6.07) is 0. The molecule has 0 atom stereocenters. The fraction of sp³-hybridized carbons (Fsp3) is 0.556. The van der Waals surface area contributed by atoms with Crippen molar-refractivity contribution in [3.8, 4) is 0 Å². The first-order valence-corrected chi connectivity index (χ1v) is 12.0. The summed E-state index contributed by atoms with van der Waals surface area (Å²) < 4.78 is 6.02. The Morgan fingerprint density at radius 3 is 2.68 bits per heavy atom. The zero-order valence-electron chi connectivity index (χ0n) is 15.8. The van der Waals surface area contributed by atoms with Crippen LogP contribution in [-0.4, -0.2) is 34.4 Å². The summed E-state index contributed by atoms with van der Waals surface area (Å²) in [6.45, 7) is 2.11. The monoisotopic (exact) mass is 440 g/mol. The van der Waals surface area contributed by atoms with Crippen molar-refractivity contribution < 1.29 is 14.3 Å². The van der Waals surface area contributed by atoms with Crippen LogP contribution in [0.5, 0.6) is 0 Å². The van der Waals surface area contributed by atoms with Gasteiger partial charge >= 0.3 is 5.97 Å². The van der Waals surface area contributed by atoms with Gasteiger partial charge in [-0.25, -0.2) is 4.79 Å². The van der Waals surface area contributed by atoms with Crippen LogP contribution >= 0.6 is 34.4 Å². The van der Waals surface area contributed by atoms with Crippen molar-refractivity contribution in [1.29, 1.82) is 0 Å². The number of nitrogens with zero attached hydrogens (tertiary/aromatic N) is 2. The minimum atomic E-state index is -0.338. The Hall–Kier alpha value is -1.65. The number of aromatic nitrogens is 2. The van der Waals surface area contributed by atoms with Gasteiger partial charge in [0.05, 0.1) is 12.2 Å². The van der Waals surface area contributed by atoms with Gasteiger partial charge < -0.3 is 15.8 Å². The highest BCUT2D eigenvalue weighted by atomic mass is 32.2. The first kappa shape index (κ1) is 21.1. The van der Waals surface area contributed by atoms with Crippen LogP contribution in [0.2, 0.25) is 0 Å². The Bertz CT molecular complexity index is 834. The van der Waals surface area contributed by atoms with E-state index in [-0.39, 0.29) is 11.9 Å². The van der Waals surface area contributed by atoms with Crippen molar-refractivity contribution in [3.05, 3.63) is 16.0 Å². The molecule has 10 heteroatoms. The van der Waals surface area contributed by atoms with Gasteiger partial charge in [-0.3, -0.25) is 4.79 Å². The lowest BCUT2D eigenvalue weighted by Crippen LogP contribution is -2.15. The van der Waals surface area contributed by atoms with Crippen molar-refractivity contribution in [2.45, 2.75) is 56.2 Å². The number of amides is 1. The number of thioether (sulfide) groups is 1. The van der Waals surface area contributed by atoms with Gasteiger partial charge in [0.2, 0.25) is 11.0 Å². The molecule has 2 aromatic heterocycles. The summed E-state index contributed by atoms with van der Waals surface area (Å²) in [5, 5.41) is 11.7. The molecule has 28 heavy (non-hydrogen) atoms. The molecule has 0 radical (unpaired) electrons. The number of aryl methyl sites for hydroxylation is 1. The molecule has 1 amide bonds. The zero-order valence-corrected chi connectivity index (χ0v) is 18.2. The molecule has 0 fully saturated rings. The molecule has 7 nitrogen and oxygen atoms in total. The van der Waals surface area contributed by atoms with Gasteiger partial charge in [-0.05, 0) is 38.2 Å². The van der Waals surface area contributed by atoms with E-state index in [1.165, 1.54) is 52.2 Å². The Morgan fingerprint density at radius 2 is 1.96 bits per heavy atom. The van der Waals surface area contributed by atoms with Crippen LogP contribution in [0.1, 0.15) is 59.8 Å². The standard InChI is InChI=1S/C18H24N4O3S3/c1-2-25-16(24)14-11-7-5-3-4-6-8-12(11)27-15(14)20-13(23)9-10-26-18-22-21-17(19)28-18/h2-10H2,1H3,(H2,19,21)(H,20,23). The molecule has 1 aliphatic rings. The number of rotatable bonds is 7. The van der Waals surface area contributed by atoms with E-state index in [2.05, 4.69) is 15.5 Å². The maximum atomic E-state index is 12.6. The Morgan fingerprint density at radius 1 is 1.18 bits per heavy atom. The van der Waals surface area contributed by atoms with Gasteiger partial charge in [0.1, 0.15) is 5.00 Å². The molecule has 3 N–H and O–H groups in total. The van der Waals surface area contributed by atoms with Crippen molar-refractivity contribution in [2.24, 2.45) is 0 Å². The molecule has 2 aromatic rings. The molecule has 152 valence electrons. The minimum absolute atomic E-state index is 0.121. The third kappa shape index (κ3) is 5.45. The number of fused-ring (bicyclic) bond motifs is 1. The number of carbonyl (C=O) groups excluding carboxylic acids is 2. The van der Waals surface area contributed by atoms with Crippen LogP contribution in [0.3, 0.4) is 0 Å². The lowest BCUT2D eigenvalue weighted by molar-refractivity contribution is -0.115. The molecule has 2 heterocycles.